The fourth-order valence-corrected chi connectivity index (χ4v) is 5.67. The highest BCUT2D eigenvalue weighted by atomic mass is 16.6. The summed E-state index contributed by atoms with van der Waals surface area (Å²) in [4.78, 5) is 36.9. The second-order valence-corrected chi connectivity index (χ2v) is 15.7. The molecule has 0 amide bonds. The Bertz CT molecular complexity index is 1510. The molecular formula is C54H81NO7. The van der Waals surface area contributed by atoms with E-state index in [4.69, 9.17) is 14.2 Å². The van der Waals surface area contributed by atoms with Crippen LogP contribution >= 0.6 is 0 Å². The molecule has 0 aromatic carbocycles. The maximum atomic E-state index is 12.7. The summed E-state index contributed by atoms with van der Waals surface area (Å²) in [6.07, 6.45) is 63.0. The van der Waals surface area contributed by atoms with Crippen LogP contribution in [-0.4, -0.2) is 75.5 Å². The average molecular weight is 856 g/mol. The average Bonchev–Trinajstić information content (AvgIpc) is 3.23. The number of carbonyl (C=O) groups is 3. The third-order valence-corrected chi connectivity index (χ3v) is 9.17. The van der Waals surface area contributed by atoms with Gasteiger partial charge >= 0.3 is 11.9 Å². The Balaban J connectivity index is 4.54. The van der Waals surface area contributed by atoms with Gasteiger partial charge in [-0.2, -0.15) is 0 Å². The van der Waals surface area contributed by atoms with Crippen molar-refractivity contribution in [2.45, 2.75) is 135 Å². The molecule has 2 unspecified atom stereocenters. The lowest BCUT2D eigenvalue weighted by Gasteiger charge is -2.34. The topological polar surface area (TPSA) is 102 Å². The summed E-state index contributed by atoms with van der Waals surface area (Å²) >= 11 is 0. The van der Waals surface area contributed by atoms with E-state index in [1.165, 1.54) is 0 Å². The number of carboxylic acid groups (broad SMARTS) is 1. The lowest BCUT2D eigenvalue weighted by Crippen LogP contribution is -2.55. The highest BCUT2D eigenvalue weighted by Gasteiger charge is 2.25. The van der Waals surface area contributed by atoms with Crippen molar-refractivity contribution < 1.29 is 38.2 Å². The van der Waals surface area contributed by atoms with Crippen molar-refractivity contribution in [3.05, 3.63) is 146 Å². The van der Waals surface area contributed by atoms with Gasteiger partial charge in [-0.05, 0) is 77.0 Å². The van der Waals surface area contributed by atoms with Crippen LogP contribution < -0.4 is 5.11 Å². The summed E-state index contributed by atoms with van der Waals surface area (Å²) < 4.78 is 17.1. The van der Waals surface area contributed by atoms with Crippen LogP contribution in [0.25, 0.3) is 0 Å². The van der Waals surface area contributed by atoms with Gasteiger partial charge < -0.3 is 28.6 Å². The van der Waals surface area contributed by atoms with E-state index >= 15 is 0 Å². The van der Waals surface area contributed by atoms with Crippen LogP contribution in [0.5, 0.6) is 0 Å². The Kier molecular flexibility index (Phi) is 39.6. The SMILES string of the molecule is CC/C=C/C=C/C=C/C=C/C=C/C=C/C=C/CCCCCC(=O)OCC(COCCC(C(=O)[O-])[N+](C)(C)C)OC(=O)CCCCC/C=C/C/C=C/C/C=C/C/C=C/C/C=C/CC. The van der Waals surface area contributed by atoms with Crippen LogP contribution in [0.2, 0.25) is 0 Å². The minimum Gasteiger partial charge on any atom is -0.544 e. The molecule has 0 saturated carbocycles. The zero-order valence-corrected chi connectivity index (χ0v) is 39.0. The second-order valence-electron chi connectivity index (χ2n) is 15.7. The molecule has 62 heavy (non-hydrogen) atoms. The molecule has 0 heterocycles. The van der Waals surface area contributed by atoms with Crippen molar-refractivity contribution in [1.29, 1.82) is 0 Å². The monoisotopic (exact) mass is 856 g/mol. The minimum absolute atomic E-state index is 0.000137. The van der Waals surface area contributed by atoms with E-state index in [1.54, 1.807) is 21.1 Å². The molecular weight excluding hydrogens is 775 g/mol. The second kappa shape index (κ2) is 42.9. The molecule has 0 aromatic rings. The number of aliphatic carboxylic acids is 1. The highest BCUT2D eigenvalue weighted by molar-refractivity contribution is 5.70. The standard InChI is InChI=1S/C54H81NO7/c1-6-8-10-12-14-16-18-20-22-24-26-28-30-32-34-36-38-40-42-44-52(56)61-49-50(48-60-47-46-51(54(58)59)55(3,4)5)62-53(57)45-43-41-39-37-35-33-31-29-27-25-23-21-19-17-15-13-11-9-7-2/h8-12,14-18,20-24,26-30,32-35,50-51H,6-7,13,19,25,31,36-49H2,1-5H3/b10-8+,11-9+,14-12+,17-15+,18-16+,22-20+,23-21+,26-24+,29-27+,30-28+,34-32+,35-33+. The fraction of sp³-hybridized carbons (Fsp3) is 0.500. The summed E-state index contributed by atoms with van der Waals surface area (Å²) in [5.74, 6) is -1.86. The van der Waals surface area contributed by atoms with Gasteiger partial charge in [-0.25, -0.2) is 0 Å². The van der Waals surface area contributed by atoms with Gasteiger partial charge in [0.2, 0.25) is 0 Å². The number of esters is 2. The first kappa shape index (κ1) is 57.2. The zero-order chi connectivity index (χ0) is 45.6. The molecule has 0 aliphatic rings. The molecule has 0 fully saturated rings. The van der Waals surface area contributed by atoms with Gasteiger partial charge in [-0.1, -0.05) is 173 Å². The summed E-state index contributed by atoms with van der Waals surface area (Å²) in [6, 6.07) is -0.751. The van der Waals surface area contributed by atoms with E-state index in [0.29, 0.717) is 12.8 Å². The van der Waals surface area contributed by atoms with E-state index in [-0.39, 0.29) is 55.5 Å². The van der Waals surface area contributed by atoms with Gasteiger partial charge in [0, 0.05) is 19.3 Å². The molecule has 8 nitrogen and oxygen atoms in total. The quantitative estimate of drug-likeness (QED) is 0.0200. The van der Waals surface area contributed by atoms with Crippen LogP contribution in [0.1, 0.15) is 123 Å². The van der Waals surface area contributed by atoms with Crippen molar-refractivity contribution in [1.82, 2.24) is 0 Å². The third kappa shape index (κ3) is 40.6. The number of allylic oxidation sites excluding steroid dienone is 24. The smallest absolute Gasteiger partial charge is 0.306 e. The number of unbranched alkanes of at least 4 members (excludes halogenated alkanes) is 6. The van der Waals surface area contributed by atoms with Crippen molar-refractivity contribution in [2.75, 3.05) is 41.0 Å². The number of nitrogens with zero attached hydrogens (tertiary/aromatic N) is 1. The van der Waals surface area contributed by atoms with Crippen LogP contribution in [0.3, 0.4) is 0 Å². The number of carboxylic acids is 1. The van der Waals surface area contributed by atoms with Crippen molar-refractivity contribution in [2.24, 2.45) is 0 Å². The Morgan fingerprint density at radius 2 is 0.935 bits per heavy atom. The van der Waals surface area contributed by atoms with Crippen LogP contribution in [-0.2, 0) is 28.6 Å². The van der Waals surface area contributed by atoms with E-state index in [0.717, 1.165) is 77.0 Å². The number of quaternary nitrogens is 1. The molecule has 0 bridgehead atoms. The van der Waals surface area contributed by atoms with Crippen LogP contribution in [0.15, 0.2) is 146 Å². The van der Waals surface area contributed by atoms with Gasteiger partial charge in [0.25, 0.3) is 0 Å². The first-order valence-electron chi connectivity index (χ1n) is 23.0. The van der Waals surface area contributed by atoms with Crippen LogP contribution in [0.4, 0.5) is 0 Å². The van der Waals surface area contributed by atoms with Crippen molar-refractivity contribution >= 4 is 17.9 Å². The molecule has 344 valence electrons. The number of rotatable bonds is 38. The van der Waals surface area contributed by atoms with E-state index in [1.807, 2.05) is 72.9 Å². The van der Waals surface area contributed by atoms with Crippen LogP contribution in [0, 0.1) is 0 Å². The summed E-state index contributed by atoms with van der Waals surface area (Å²) in [6.45, 7) is 4.28. The molecule has 0 saturated heterocycles. The lowest BCUT2D eigenvalue weighted by atomic mass is 10.1. The first-order valence-corrected chi connectivity index (χ1v) is 23.0. The van der Waals surface area contributed by atoms with Gasteiger partial charge in [0.1, 0.15) is 12.6 Å². The molecule has 0 N–H and O–H groups in total. The maximum absolute atomic E-state index is 12.7. The lowest BCUT2D eigenvalue weighted by molar-refractivity contribution is -0.889. The van der Waals surface area contributed by atoms with Gasteiger partial charge in [-0.15, -0.1) is 0 Å². The third-order valence-electron chi connectivity index (χ3n) is 9.17. The summed E-state index contributed by atoms with van der Waals surface area (Å²) in [5, 5.41) is 11.6. The highest BCUT2D eigenvalue weighted by Crippen LogP contribution is 2.11. The molecule has 0 aliphatic carbocycles. The van der Waals surface area contributed by atoms with Crippen molar-refractivity contribution in [3.8, 4) is 0 Å². The molecule has 0 radical (unpaired) electrons. The normalized spacial score (nSPS) is 14.3. The number of carbonyl (C=O) groups excluding carboxylic acids is 3. The molecule has 0 aromatic heterocycles. The number of hydrogen-bond donors (Lipinski definition) is 0. The maximum Gasteiger partial charge on any atom is 0.306 e. The predicted octanol–water partition coefficient (Wildman–Crippen LogP) is 11.6. The molecule has 8 heteroatoms. The minimum atomic E-state index is -1.15. The Labute approximate surface area is 376 Å². The van der Waals surface area contributed by atoms with Gasteiger partial charge in [0.05, 0.1) is 40.3 Å². The Morgan fingerprint density at radius 3 is 1.42 bits per heavy atom. The fourth-order valence-electron chi connectivity index (χ4n) is 5.67. The molecule has 0 rings (SSSR count). The van der Waals surface area contributed by atoms with Crippen molar-refractivity contribution in [3.63, 3.8) is 0 Å². The number of ether oxygens (including phenoxy) is 3. The Morgan fingerprint density at radius 1 is 0.500 bits per heavy atom. The predicted molar refractivity (Wildman–Crippen MR) is 258 cm³/mol. The van der Waals surface area contributed by atoms with E-state index in [9.17, 15) is 19.5 Å². The molecule has 0 aliphatic heterocycles. The summed E-state index contributed by atoms with van der Waals surface area (Å²) in [5.41, 5.74) is 0. The molecule has 0 spiro atoms. The first-order chi connectivity index (χ1) is 30.1. The van der Waals surface area contributed by atoms with E-state index < -0.39 is 18.1 Å². The largest absolute Gasteiger partial charge is 0.544 e. The van der Waals surface area contributed by atoms with E-state index in [2.05, 4.69) is 86.8 Å². The van der Waals surface area contributed by atoms with Gasteiger partial charge in [-0.3, -0.25) is 9.59 Å². The van der Waals surface area contributed by atoms with Gasteiger partial charge in [0.15, 0.2) is 6.10 Å². The summed E-state index contributed by atoms with van der Waals surface area (Å²) in [7, 11) is 5.36. The zero-order valence-electron chi connectivity index (χ0n) is 39.0. The number of hydrogen-bond acceptors (Lipinski definition) is 7. The Hall–Kier alpha value is -4.79. The number of likely N-dealkylation sites (N-methyl/N-ethyl adjacent to an activating group) is 1. The molecule has 2 atom stereocenters.